The summed E-state index contributed by atoms with van der Waals surface area (Å²) in [5, 5.41) is 22.2. The van der Waals surface area contributed by atoms with Crippen molar-refractivity contribution in [1.82, 2.24) is 4.57 Å². The summed E-state index contributed by atoms with van der Waals surface area (Å²) in [5.41, 5.74) is 1.51. The molecule has 0 amide bonds. The van der Waals surface area contributed by atoms with Crippen LogP contribution in [0.4, 0.5) is 0 Å². The van der Waals surface area contributed by atoms with Crippen LogP contribution in [0.5, 0.6) is 17.4 Å². The van der Waals surface area contributed by atoms with Crippen molar-refractivity contribution < 1.29 is 29.3 Å². The van der Waals surface area contributed by atoms with Crippen LogP contribution in [0.2, 0.25) is 5.02 Å². The van der Waals surface area contributed by atoms with Gasteiger partial charge in [-0.2, -0.15) is 0 Å². The monoisotopic (exact) mass is 491 g/mol. The van der Waals surface area contributed by atoms with E-state index in [1.165, 1.54) is 23.8 Å². The summed E-state index contributed by atoms with van der Waals surface area (Å²) < 4.78 is 11.5. The predicted octanol–water partition coefficient (Wildman–Crippen LogP) is 5.63. The van der Waals surface area contributed by atoms with Gasteiger partial charge in [0, 0.05) is 21.8 Å². The number of hydrogen-bond acceptors (Lipinski definition) is 6. The fourth-order valence-electron chi connectivity index (χ4n) is 3.77. The van der Waals surface area contributed by atoms with Crippen molar-refractivity contribution in [2.24, 2.45) is 0 Å². The minimum absolute atomic E-state index is 0.116. The minimum atomic E-state index is -0.588. The second-order valence-corrected chi connectivity index (χ2v) is 7.94. The fourth-order valence-corrected chi connectivity index (χ4v) is 4.00. The molecule has 0 aliphatic heterocycles. The van der Waals surface area contributed by atoms with E-state index in [9.17, 15) is 19.8 Å². The number of halogens is 1. The van der Waals surface area contributed by atoms with E-state index in [4.69, 9.17) is 21.1 Å². The highest BCUT2D eigenvalue weighted by molar-refractivity contribution is 6.33. The van der Waals surface area contributed by atoms with Crippen molar-refractivity contribution in [1.29, 1.82) is 0 Å². The number of carbonyl (C=O) groups is 2. The molecule has 4 aromatic rings. The standard InChI is InChI=1S/C27H22ClNO6/c1-3-35-27(33)17-8-12-18(13-9-17)29-23(20-6-4-5-7-21(20)28)22(25(31)26(29)32)24(30)16-10-14-19(34-2)15-11-16/h4-15,31-32H,3H2,1-2H3. The maximum absolute atomic E-state index is 13.6. The Bertz CT molecular complexity index is 1390. The Balaban J connectivity index is 1.93. The van der Waals surface area contributed by atoms with E-state index in [0.29, 0.717) is 27.6 Å². The molecular weight excluding hydrogens is 470 g/mol. The molecule has 0 saturated carbocycles. The topological polar surface area (TPSA) is 98.0 Å². The maximum atomic E-state index is 13.6. The molecule has 4 rings (SSSR count). The third-order valence-electron chi connectivity index (χ3n) is 5.47. The molecule has 0 bridgehead atoms. The SMILES string of the molecule is CCOC(=O)c1ccc(-n2c(O)c(O)c(C(=O)c3ccc(OC)cc3)c2-c2ccccc2Cl)cc1. The van der Waals surface area contributed by atoms with Crippen LogP contribution in [-0.2, 0) is 4.74 Å². The largest absolute Gasteiger partial charge is 0.503 e. The van der Waals surface area contributed by atoms with Crippen LogP contribution in [0, 0.1) is 0 Å². The third-order valence-corrected chi connectivity index (χ3v) is 5.80. The average Bonchev–Trinajstić information content (AvgIpc) is 3.14. The molecule has 1 heterocycles. The number of benzene rings is 3. The molecule has 35 heavy (non-hydrogen) atoms. The molecule has 8 heteroatoms. The lowest BCUT2D eigenvalue weighted by atomic mass is 9.99. The minimum Gasteiger partial charge on any atom is -0.503 e. The van der Waals surface area contributed by atoms with E-state index in [1.54, 1.807) is 67.6 Å². The van der Waals surface area contributed by atoms with Gasteiger partial charge in [0.05, 0.1) is 30.5 Å². The average molecular weight is 492 g/mol. The van der Waals surface area contributed by atoms with E-state index in [-0.39, 0.29) is 23.4 Å². The number of carbonyl (C=O) groups excluding carboxylic acids is 2. The molecule has 0 unspecified atom stereocenters. The second kappa shape index (κ2) is 9.95. The van der Waals surface area contributed by atoms with Crippen molar-refractivity contribution in [2.75, 3.05) is 13.7 Å². The van der Waals surface area contributed by atoms with Gasteiger partial charge in [-0.15, -0.1) is 0 Å². The zero-order valence-corrected chi connectivity index (χ0v) is 19.7. The number of rotatable bonds is 7. The Morgan fingerprint density at radius 2 is 1.54 bits per heavy atom. The predicted molar refractivity (Wildman–Crippen MR) is 132 cm³/mol. The molecule has 0 aliphatic carbocycles. The van der Waals surface area contributed by atoms with Gasteiger partial charge in [-0.3, -0.25) is 9.36 Å². The highest BCUT2D eigenvalue weighted by Gasteiger charge is 2.30. The summed E-state index contributed by atoms with van der Waals surface area (Å²) in [4.78, 5) is 25.6. The first-order valence-electron chi connectivity index (χ1n) is 10.7. The Morgan fingerprint density at radius 3 is 2.14 bits per heavy atom. The van der Waals surface area contributed by atoms with Crippen LogP contribution < -0.4 is 4.74 Å². The van der Waals surface area contributed by atoms with Crippen molar-refractivity contribution in [3.8, 4) is 34.3 Å². The van der Waals surface area contributed by atoms with Crippen molar-refractivity contribution >= 4 is 23.4 Å². The lowest BCUT2D eigenvalue weighted by Gasteiger charge is -2.14. The van der Waals surface area contributed by atoms with E-state index >= 15 is 0 Å². The number of ketones is 1. The van der Waals surface area contributed by atoms with Gasteiger partial charge in [0.1, 0.15) is 5.75 Å². The van der Waals surface area contributed by atoms with Crippen molar-refractivity contribution in [3.05, 3.63) is 94.5 Å². The van der Waals surface area contributed by atoms with Crippen molar-refractivity contribution in [3.63, 3.8) is 0 Å². The van der Waals surface area contributed by atoms with Crippen LogP contribution in [0.1, 0.15) is 33.2 Å². The molecule has 3 aromatic carbocycles. The van der Waals surface area contributed by atoms with E-state index in [1.807, 2.05) is 0 Å². The van der Waals surface area contributed by atoms with Crippen molar-refractivity contribution in [2.45, 2.75) is 6.92 Å². The molecule has 2 N–H and O–H groups in total. The lowest BCUT2D eigenvalue weighted by molar-refractivity contribution is 0.0526. The van der Waals surface area contributed by atoms with Gasteiger partial charge in [0.25, 0.3) is 0 Å². The quantitative estimate of drug-likeness (QED) is 0.257. The number of nitrogens with zero attached hydrogens (tertiary/aromatic N) is 1. The highest BCUT2D eigenvalue weighted by atomic mass is 35.5. The van der Waals surface area contributed by atoms with E-state index < -0.39 is 23.4 Å². The van der Waals surface area contributed by atoms with Gasteiger partial charge in [-0.05, 0) is 61.5 Å². The molecule has 0 spiro atoms. The second-order valence-electron chi connectivity index (χ2n) is 7.54. The zero-order valence-electron chi connectivity index (χ0n) is 19.0. The Labute approximate surface area is 206 Å². The van der Waals surface area contributed by atoms with E-state index in [2.05, 4.69) is 0 Å². The number of methoxy groups -OCH3 is 1. The van der Waals surface area contributed by atoms with Gasteiger partial charge in [-0.1, -0.05) is 29.8 Å². The molecular formula is C27H22ClNO6. The first kappa shape index (κ1) is 23.9. The molecule has 178 valence electrons. The Morgan fingerprint density at radius 1 is 0.914 bits per heavy atom. The summed E-state index contributed by atoms with van der Waals surface area (Å²) in [6.07, 6.45) is 0. The molecule has 0 saturated heterocycles. The summed E-state index contributed by atoms with van der Waals surface area (Å²) in [5.74, 6) is -1.56. The number of hydrogen-bond donors (Lipinski definition) is 2. The third kappa shape index (κ3) is 4.46. The highest BCUT2D eigenvalue weighted by Crippen LogP contribution is 2.45. The van der Waals surface area contributed by atoms with Crippen LogP contribution in [0.3, 0.4) is 0 Å². The molecule has 1 aromatic heterocycles. The molecule has 7 nitrogen and oxygen atoms in total. The Kier molecular flexibility index (Phi) is 6.80. The fraction of sp³-hybridized carbons (Fsp3) is 0.111. The van der Waals surface area contributed by atoms with Crippen LogP contribution in [-0.4, -0.2) is 40.2 Å². The van der Waals surface area contributed by atoms with Gasteiger partial charge >= 0.3 is 5.97 Å². The van der Waals surface area contributed by atoms with Gasteiger partial charge < -0.3 is 19.7 Å². The van der Waals surface area contributed by atoms with Gasteiger partial charge in [-0.25, -0.2) is 4.79 Å². The zero-order chi connectivity index (χ0) is 25.1. The first-order valence-corrected chi connectivity index (χ1v) is 11.1. The summed E-state index contributed by atoms with van der Waals surface area (Å²) >= 11 is 6.48. The maximum Gasteiger partial charge on any atom is 0.338 e. The lowest BCUT2D eigenvalue weighted by Crippen LogP contribution is -2.06. The summed E-state index contributed by atoms with van der Waals surface area (Å²) in [6, 6.07) is 19.4. The normalized spacial score (nSPS) is 10.7. The first-order chi connectivity index (χ1) is 16.9. The van der Waals surface area contributed by atoms with Crippen LogP contribution in [0.15, 0.2) is 72.8 Å². The number of esters is 1. The van der Waals surface area contributed by atoms with E-state index in [0.717, 1.165) is 0 Å². The molecule has 0 radical (unpaired) electrons. The summed E-state index contributed by atoms with van der Waals surface area (Å²) in [6.45, 7) is 1.95. The van der Waals surface area contributed by atoms with Crippen LogP contribution >= 0.6 is 11.6 Å². The number of aromatic hydroxyl groups is 2. The smallest absolute Gasteiger partial charge is 0.338 e. The summed E-state index contributed by atoms with van der Waals surface area (Å²) in [7, 11) is 1.52. The van der Waals surface area contributed by atoms with Gasteiger partial charge in [0.2, 0.25) is 5.88 Å². The van der Waals surface area contributed by atoms with Gasteiger partial charge in [0.15, 0.2) is 11.5 Å². The molecule has 0 fully saturated rings. The Hall–Kier alpha value is -4.23. The molecule has 0 aliphatic rings. The number of aromatic nitrogens is 1. The number of ether oxygens (including phenoxy) is 2. The molecule has 0 atom stereocenters. The van der Waals surface area contributed by atoms with Crippen LogP contribution in [0.25, 0.3) is 16.9 Å².